The topological polar surface area (TPSA) is 64.9 Å². The zero-order valence-corrected chi connectivity index (χ0v) is 10.7. The molecule has 90 valence electrons. The lowest BCUT2D eigenvalue weighted by atomic mass is 10.2. The number of rotatable bonds is 3. The Hall–Kier alpha value is -1.10. The molecule has 0 spiro atoms. The molecule has 1 aromatic heterocycles. The number of benzene rings is 1. The van der Waals surface area contributed by atoms with Gasteiger partial charge in [-0.2, -0.15) is 4.98 Å². The van der Waals surface area contributed by atoms with Gasteiger partial charge in [-0.25, -0.2) is 0 Å². The maximum absolute atomic E-state index is 5.90. The highest BCUT2D eigenvalue weighted by atomic mass is 35.5. The number of hydrogen-bond acceptors (Lipinski definition) is 4. The van der Waals surface area contributed by atoms with Gasteiger partial charge in [-0.15, -0.1) is 0 Å². The Morgan fingerprint density at radius 2 is 1.94 bits per heavy atom. The molecule has 0 bridgehead atoms. The SMILES string of the molecule is CCC(N)c1nc(-c2cc(Cl)cc(Cl)c2)no1. The van der Waals surface area contributed by atoms with Crippen LogP contribution in [-0.2, 0) is 0 Å². The first-order chi connectivity index (χ1) is 8.10. The lowest BCUT2D eigenvalue weighted by molar-refractivity contribution is 0.352. The molecule has 1 atom stereocenters. The summed E-state index contributed by atoms with van der Waals surface area (Å²) in [4.78, 5) is 4.21. The molecular weight excluding hydrogens is 261 g/mol. The van der Waals surface area contributed by atoms with E-state index in [0.717, 1.165) is 6.42 Å². The molecule has 0 fully saturated rings. The van der Waals surface area contributed by atoms with Gasteiger partial charge in [-0.1, -0.05) is 35.3 Å². The molecule has 0 aliphatic heterocycles. The van der Waals surface area contributed by atoms with Gasteiger partial charge in [0.25, 0.3) is 0 Å². The standard InChI is InChI=1S/C11H11Cl2N3O/c1-2-9(14)11-15-10(16-17-11)6-3-7(12)5-8(13)4-6/h3-5,9H,2,14H2,1H3. The van der Waals surface area contributed by atoms with Crippen molar-refractivity contribution in [2.24, 2.45) is 5.73 Å². The summed E-state index contributed by atoms with van der Waals surface area (Å²) in [6, 6.07) is 4.84. The number of nitrogens with two attached hydrogens (primary N) is 1. The van der Waals surface area contributed by atoms with E-state index in [0.29, 0.717) is 27.3 Å². The Labute approximate surface area is 109 Å². The van der Waals surface area contributed by atoms with Crippen molar-refractivity contribution in [3.05, 3.63) is 34.1 Å². The molecule has 0 aliphatic carbocycles. The lowest BCUT2D eigenvalue weighted by Crippen LogP contribution is -2.08. The van der Waals surface area contributed by atoms with E-state index in [4.69, 9.17) is 33.5 Å². The smallest absolute Gasteiger partial charge is 0.243 e. The van der Waals surface area contributed by atoms with E-state index in [1.807, 2.05) is 6.92 Å². The van der Waals surface area contributed by atoms with E-state index in [1.54, 1.807) is 18.2 Å². The molecule has 6 heteroatoms. The Balaban J connectivity index is 2.36. The molecule has 0 aliphatic rings. The molecule has 0 saturated carbocycles. The maximum atomic E-state index is 5.90. The molecule has 0 radical (unpaired) electrons. The van der Waals surface area contributed by atoms with Gasteiger partial charge in [0.15, 0.2) is 0 Å². The first-order valence-corrected chi connectivity index (χ1v) is 5.91. The second-order valence-corrected chi connectivity index (χ2v) is 4.50. The number of hydrogen-bond donors (Lipinski definition) is 1. The van der Waals surface area contributed by atoms with Crippen LogP contribution in [0.15, 0.2) is 22.7 Å². The van der Waals surface area contributed by atoms with Crippen molar-refractivity contribution in [1.29, 1.82) is 0 Å². The molecule has 0 saturated heterocycles. The lowest BCUT2D eigenvalue weighted by Gasteiger charge is -1.99. The van der Waals surface area contributed by atoms with Gasteiger partial charge in [0.2, 0.25) is 11.7 Å². The zero-order chi connectivity index (χ0) is 12.4. The first-order valence-electron chi connectivity index (χ1n) is 5.15. The molecule has 1 heterocycles. The average Bonchev–Trinajstić information content (AvgIpc) is 2.76. The van der Waals surface area contributed by atoms with E-state index in [-0.39, 0.29) is 6.04 Å². The summed E-state index contributed by atoms with van der Waals surface area (Å²) in [5.41, 5.74) is 6.51. The van der Waals surface area contributed by atoms with Gasteiger partial charge in [0, 0.05) is 15.6 Å². The molecule has 2 aromatic rings. The fourth-order valence-electron chi connectivity index (χ4n) is 1.36. The summed E-state index contributed by atoms with van der Waals surface area (Å²) >= 11 is 11.8. The van der Waals surface area contributed by atoms with Crippen LogP contribution < -0.4 is 5.73 Å². The van der Waals surface area contributed by atoms with Gasteiger partial charge in [-0.3, -0.25) is 0 Å². The minimum absolute atomic E-state index is 0.245. The van der Waals surface area contributed by atoms with Crippen molar-refractivity contribution in [1.82, 2.24) is 10.1 Å². The molecule has 17 heavy (non-hydrogen) atoms. The predicted molar refractivity (Wildman–Crippen MR) is 67.0 cm³/mol. The molecule has 0 amide bonds. The maximum Gasteiger partial charge on any atom is 0.243 e. The van der Waals surface area contributed by atoms with Crippen LogP contribution in [0.1, 0.15) is 25.3 Å². The molecule has 2 N–H and O–H groups in total. The second kappa shape index (κ2) is 5.04. The minimum atomic E-state index is -0.245. The van der Waals surface area contributed by atoms with Crippen LogP contribution in [0.3, 0.4) is 0 Å². The average molecular weight is 272 g/mol. The Morgan fingerprint density at radius 1 is 1.29 bits per heavy atom. The van der Waals surface area contributed by atoms with Crippen molar-refractivity contribution in [3.8, 4) is 11.4 Å². The molecular formula is C11H11Cl2N3O. The Kier molecular flexibility index (Phi) is 3.66. The van der Waals surface area contributed by atoms with Crippen LogP contribution in [0, 0.1) is 0 Å². The fraction of sp³-hybridized carbons (Fsp3) is 0.273. The summed E-state index contributed by atoms with van der Waals surface area (Å²) in [5.74, 6) is 0.854. The van der Waals surface area contributed by atoms with Crippen LogP contribution in [-0.4, -0.2) is 10.1 Å². The zero-order valence-electron chi connectivity index (χ0n) is 9.15. The van der Waals surface area contributed by atoms with Crippen LogP contribution in [0.5, 0.6) is 0 Å². The summed E-state index contributed by atoms with van der Waals surface area (Å²) < 4.78 is 5.08. The predicted octanol–water partition coefficient (Wildman–Crippen LogP) is 3.45. The fourth-order valence-corrected chi connectivity index (χ4v) is 1.89. The van der Waals surface area contributed by atoms with Crippen LogP contribution >= 0.6 is 23.2 Å². The van der Waals surface area contributed by atoms with Gasteiger partial charge < -0.3 is 10.3 Å². The highest BCUT2D eigenvalue weighted by molar-refractivity contribution is 6.35. The summed E-state index contributed by atoms with van der Waals surface area (Å²) in [7, 11) is 0. The summed E-state index contributed by atoms with van der Waals surface area (Å²) in [6.45, 7) is 1.95. The normalized spacial score (nSPS) is 12.7. The molecule has 1 aromatic carbocycles. The van der Waals surface area contributed by atoms with Crippen LogP contribution in [0.4, 0.5) is 0 Å². The van der Waals surface area contributed by atoms with Crippen LogP contribution in [0.25, 0.3) is 11.4 Å². The minimum Gasteiger partial charge on any atom is -0.337 e. The van der Waals surface area contributed by atoms with E-state index >= 15 is 0 Å². The number of halogens is 2. The molecule has 1 unspecified atom stereocenters. The largest absolute Gasteiger partial charge is 0.337 e. The van der Waals surface area contributed by atoms with Gasteiger partial charge in [0.1, 0.15) is 0 Å². The summed E-state index contributed by atoms with van der Waals surface area (Å²) in [5, 5.41) is 4.91. The third-order valence-electron chi connectivity index (χ3n) is 2.32. The quantitative estimate of drug-likeness (QED) is 0.929. The van der Waals surface area contributed by atoms with Crippen molar-refractivity contribution < 1.29 is 4.52 Å². The Bertz CT molecular complexity index is 507. The number of aromatic nitrogens is 2. The highest BCUT2D eigenvalue weighted by Crippen LogP contribution is 2.26. The third kappa shape index (κ3) is 2.77. The van der Waals surface area contributed by atoms with Crippen molar-refractivity contribution >= 4 is 23.2 Å². The van der Waals surface area contributed by atoms with Crippen molar-refractivity contribution in [2.75, 3.05) is 0 Å². The van der Waals surface area contributed by atoms with Crippen LogP contribution in [0.2, 0.25) is 10.0 Å². The third-order valence-corrected chi connectivity index (χ3v) is 2.76. The van der Waals surface area contributed by atoms with Crippen molar-refractivity contribution in [3.63, 3.8) is 0 Å². The molecule has 4 nitrogen and oxygen atoms in total. The highest BCUT2D eigenvalue weighted by Gasteiger charge is 2.14. The van der Waals surface area contributed by atoms with Gasteiger partial charge >= 0.3 is 0 Å². The van der Waals surface area contributed by atoms with E-state index in [9.17, 15) is 0 Å². The molecule has 2 rings (SSSR count). The van der Waals surface area contributed by atoms with E-state index < -0.39 is 0 Å². The summed E-state index contributed by atoms with van der Waals surface area (Å²) in [6.07, 6.45) is 0.734. The van der Waals surface area contributed by atoms with Crippen molar-refractivity contribution in [2.45, 2.75) is 19.4 Å². The van der Waals surface area contributed by atoms with E-state index in [2.05, 4.69) is 10.1 Å². The first kappa shape index (κ1) is 12.4. The monoisotopic (exact) mass is 271 g/mol. The number of nitrogens with zero attached hydrogens (tertiary/aromatic N) is 2. The van der Waals surface area contributed by atoms with Gasteiger partial charge in [-0.05, 0) is 24.6 Å². The Morgan fingerprint density at radius 3 is 2.53 bits per heavy atom. The van der Waals surface area contributed by atoms with Gasteiger partial charge in [0.05, 0.1) is 6.04 Å². The second-order valence-electron chi connectivity index (χ2n) is 3.63. The van der Waals surface area contributed by atoms with E-state index in [1.165, 1.54) is 0 Å².